The van der Waals surface area contributed by atoms with Crippen molar-refractivity contribution in [2.24, 2.45) is 0 Å². The number of rotatable bonds is 5. The molecule has 2 aromatic carbocycles. The summed E-state index contributed by atoms with van der Waals surface area (Å²) in [6.45, 7) is 8.63. The first-order chi connectivity index (χ1) is 15.1. The van der Waals surface area contributed by atoms with Crippen molar-refractivity contribution in [3.63, 3.8) is 0 Å². The zero-order valence-corrected chi connectivity index (χ0v) is 19.8. The van der Waals surface area contributed by atoms with Crippen LogP contribution in [0.1, 0.15) is 49.6 Å². The van der Waals surface area contributed by atoms with Crippen molar-refractivity contribution in [1.82, 2.24) is 9.62 Å². The van der Waals surface area contributed by atoms with Gasteiger partial charge in [-0.1, -0.05) is 24.6 Å². The highest BCUT2D eigenvalue weighted by Crippen LogP contribution is 2.42. The van der Waals surface area contributed by atoms with Gasteiger partial charge in [0, 0.05) is 35.1 Å². The minimum absolute atomic E-state index is 0.126. The third kappa shape index (κ3) is 4.18. The van der Waals surface area contributed by atoms with Gasteiger partial charge in [-0.25, -0.2) is 8.42 Å². The van der Waals surface area contributed by atoms with Gasteiger partial charge in [0.15, 0.2) is 0 Å². The van der Waals surface area contributed by atoms with Crippen molar-refractivity contribution in [2.45, 2.75) is 50.6 Å². The number of nitrogens with zero attached hydrogens (tertiary/aromatic N) is 1. The zero-order valence-electron chi connectivity index (χ0n) is 19.0. The molecule has 3 unspecified atom stereocenters. The maximum absolute atomic E-state index is 12.7. The SMILES string of the molecule is Cc1ccc(S(=O)(=O)NC(C)C(=O)Nc2ccc3oc4c(c3c2)C(C)N(C)CC4C)cc1. The third-order valence-electron chi connectivity index (χ3n) is 6.17. The molecule has 3 atom stereocenters. The number of likely N-dealkylation sites (N-methyl/N-ethyl adjacent to an activating group) is 1. The number of hydrogen-bond donors (Lipinski definition) is 2. The van der Waals surface area contributed by atoms with Crippen molar-refractivity contribution in [3.8, 4) is 0 Å². The second kappa shape index (κ2) is 8.35. The molecule has 0 fully saturated rings. The van der Waals surface area contributed by atoms with Gasteiger partial charge in [0.1, 0.15) is 11.3 Å². The summed E-state index contributed by atoms with van der Waals surface area (Å²) in [5, 5.41) is 3.80. The maximum atomic E-state index is 12.7. The molecule has 0 aliphatic carbocycles. The van der Waals surface area contributed by atoms with Crippen molar-refractivity contribution >= 4 is 32.6 Å². The molecule has 0 bridgehead atoms. The fraction of sp³-hybridized carbons (Fsp3) is 0.375. The second-order valence-electron chi connectivity index (χ2n) is 8.75. The average molecular weight is 456 g/mol. The summed E-state index contributed by atoms with van der Waals surface area (Å²) in [7, 11) is -1.71. The largest absolute Gasteiger partial charge is 0.460 e. The number of nitrogens with one attached hydrogen (secondary N) is 2. The molecule has 0 radical (unpaired) electrons. The van der Waals surface area contributed by atoms with Crippen LogP contribution in [0.3, 0.4) is 0 Å². The van der Waals surface area contributed by atoms with Gasteiger partial charge in [0.05, 0.1) is 10.9 Å². The van der Waals surface area contributed by atoms with Gasteiger partial charge in [-0.15, -0.1) is 0 Å². The van der Waals surface area contributed by atoms with Gasteiger partial charge >= 0.3 is 0 Å². The number of furan rings is 1. The first-order valence-electron chi connectivity index (χ1n) is 10.7. The van der Waals surface area contributed by atoms with Crippen LogP contribution in [0.25, 0.3) is 11.0 Å². The molecule has 2 N–H and O–H groups in total. The van der Waals surface area contributed by atoms with Crippen molar-refractivity contribution < 1.29 is 17.6 Å². The third-order valence-corrected chi connectivity index (χ3v) is 7.72. The molecule has 0 spiro atoms. The van der Waals surface area contributed by atoms with Crippen LogP contribution in [-0.2, 0) is 14.8 Å². The van der Waals surface area contributed by atoms with Crippen LogP contribution in [-0.4, -0.2) is 38.9 Å². The van der Waals surface area contributed by atoms with Crippen LogP contribution in [0.2, 0.25) is 0 Å². The van der Waals surface area contributed by atoms with E-state index in [0.29, 0.717) is 5.69 Å². The number of fused-ring (bicyclic) bond motifs is 3. The molecule has 1 amide bonds. The molecule has 1 aliphatic heterocycles. The fourth-order valence-corrected chi connectivity index (χ4v) is 5.43. The second-order valence-corrected chi connectivity index (χ2v) is 10.5. The van der Waals surface area contributed by atoms with Crippen molar-refractivity contribution in [1.29, 1.82) is 0 Å². The Morgan fingerprint density at radius 1 is 1.16 bits per heavy atom. The summed E-state index contributed by atoms with van der Waals surface area (Å²) in [5.74, 6) is 0.845. The van der Waals surface area contributed by atoms with Crippen molar-refractivity contribution in [3.05, 3.63) is 59.4 Å². The van der Waals surface area contributed by atoms with E-state index in [1.165, 1.54) is 19.1 Å². The number of hydrogen-bond acceptors (Lipinski definition) is 5. The lowest BCUT2D eigenvalue weighted by Gasteiger charge is -2.33. The fourth-order valence-electron chi connectivity index (χ4n) is 4.23. The molecule has 170 valence electrons. The Morgan fingerprint density at radius 2 is 1.84 bits per heavy atom. The Hall–Kier alpha value is -2.68. The highest BCUT2D eigenvalue weighted by molar-refractivity contribution is 7.89. The molecule has 1 aromatic heterocycles. The van der Waals surface area contributed by atoms with E-state index in [9.17, 15) is 13.2 Å². The number of carbonyl (C=O) groups excluding carboxylic acids is 1. The highest BCUT2D eigenvalue weighted by Gasteiger charge is 2.31. The van der Waals surface area contributed by atoms with Crippen LogP contribution >= 0.6 is 0 Å². The predicted octanol–water partition coefficient (Wildman–Crippen LogP) is 4.16. The summed E-state index contributed by atoms with van der Waals surface area (Å²) in [6, 6.07) is 11.3. The van der Waals surface area contributed by atoms with E-state index in [4.69, 9.17) is 4.42 Å². The Balaban J connectivity index is 1.54. The van der Waals surface area contributed by atoms with Gasteiger partial charge in [-0.2, -0.15) is 4.72 Å². The van der Waals surface area contributed by atoms with E-state index < -0.39 is 22.0 Å². The lowest BCUT2D eigenvalue weighted by atomic mass is 9.92. The molecule has 4 rings (SSSR count). The molecule has 3 aromatic rings. The number of carbonyl (C=O) groups is 1. The lowest BCUT2D eigenvalue weighted by Crippen LogP contribution is -2.41. The van der Waals surface area contributed by atoms with Gasteiger partial charge in [-0.05, 0) is 58.2 Å². The molecule has 0 saturated heterocycles. The standard InChI is InChI=1S/C24H29N3O4S/c1-14-6-9-19(10-7-14)32(29,30)26-16(3)24(28)25-18-8-11-21-20(12-18)22-17(4)27(5)13-15(2)23(22)31-21/h6-12,15-17,26H,13H2,1-5H3,(H,25,28). The van der Waals surface area contributed by atoms with Crippen molar-refractivity contribution in [2.75, 3.05) is 18.9 Å². The Bertz CT molecular complexity index is 1260. The topological polar surface area (TPSA) is 91.6 Å². The predicted molar refractivity (Wildman–Crippen MR) is 125 cm³/mol. The Morgan fingerprint density at radius 3 is 2.53 bits per heavy atom. The van der Waals surface area contributed by atoms with Gasteiger partial charge < -0.3 is 9.73 Å². The smallest absolute Gasteiger partial charge is 0.242 e. The first-order valence-corrected chi connectivity index (χ1v) is 12.2. The number of sulfonamides is 1. The van der Waals surface area contributed by atoms with E-state index in [1.807, 2.05) is 19.1 Å². The van der Waals surface area contributed by atoms with Crippen LogP contribution < -0.4 is 10.0 Å². The average Bonchev–Trinajstić information content (AvgIpc) is 3.11. The number of aryl methyl sites for hydroxylation is 1. The van der Waals surface area contributed by atoms with E-state index in [0.717, 1.165) is 34.4 Å². The minimum atomic E-state index is -3.80. The maximum Gasteiger partial charge on any atom is 0.242 e. The molecule has 2 heterocycles. The zero-order chi connectivity index (χ0) is 23.2. The van der Waals surface area contributed by atoms with E-state index in [-0.39, 0.29) is 16.9 Å². The molecule has 0 saturated carbocycles. The number of benzene rings is 2. The monoisotopic (exact) mass is 455 g/mol. The van der Waals surface area contributed by atoms with Gasteiger partial charge in [-0.3, -0.25) is 9.69 Å². The lowest BCUT2D eigenvalue weighted by molar-refractivity contribution is -0.117. The Labute approximate surface area is 188 Å². The Kier molecular flexibility index (Phi) is 5.87. The first kappa shape index (κ1) is 22.5. The summed E-state index contributed by atoms with van der Waals surface area (Å²) in [5.41, 5.74) is 3.49. The van der Waals surface area contributed by atoms with Crippen LogP contribution in [0.15, 0.2) is 51.8 Å². The van der Waals surface area contributed by atoms with E-state index in [1.54, 1.807) is 18.2 Å². The van der Waals surface area contributed by atoms with E-state index >= 15 is 0 Å². The summed E-state index contributed by atoms with van der Waals surface area (Å²) >= 11 is 0. The van der Waals surface area contributed by atoms with Gasteiger partial charge in [0.2, 0.25) is 15.9 Å². The highest BCUT2D eigenvalue weighted by atomic mass is 32.2. The van der Waals surface area contributed by atoms with Crippen LogP contribution in [0.5, 0.6) is 0 Å². The number of anilines is 1. The molecular weight excluding hydrogens is 426 g/mol. The summed E-state index contributed by atoms with van der Waals surface area (Å²) in [6.07, 6.45) is 0. The van der Waals surface area contributed by atoms with Crippen LogP contribution in [0, 0.1) is 6.92 Å². The molecule has 32 heavy (non-hydrogen) atoms. The van der Waals surface area contributed by atoms with E-state index in [2.05, 4.69) is 35.8 Å². The quantitative estimate of drug-likeness (QED) is 0.603. The normalized spacial score (nSPS) is 20.2. The molecule has 8 heteroatoms. The summed E-state index contributed by atoms with van der Waals surface area (Å²) < 4.78 is 33.8. The molecular formula is C24H29N3O4S. The summed E-state index contributed by atoms with van der Waals surface area (Å²) in [4.78, 5) is 15.2. The molecule has 1 aliphatic rings. The van der Waals surface area contributed by atoms with Gasteiger partial charge in [0.25, 0.3) is 0 Å². The van der Waals surface area contributed by atoms with Crippen LogP contribution in [0.4, 0.5) is 5.69 Å². The number of amides is 1. The molecule has 7 nitrogen and oxygen atoms in total. The minimum Gasteiger partial charge on any atom is -0.460 e.